The maximum absolute atomic E-state index is 12.2. The lowest BCUT2D eigenvalue weighted by Gasteiger charge is -2.10. The second-order valence-electron chi connectivity index (χ2n) is 6.93. The first-order valence-electron chi connectivity index (χ1n) is 10.3. The highest BCUT2D eigenvalue weighted by Gasteiger charge is 2.15. The Balaban J connectivity index is 1.41. The summed E-state index contributed by atoms with van der Waals surface area (Å²) < 4.78 is 16.6. The third kappa shape index (κ3) is 5.31. The number of carbonyl (C=O) groups excluding carboxylic acids is 1. The van der Waals surface area contributed by atoms with E-state index in [1.54, 1.807) is 6.07 Å². The molecule has 4 rings (SSSR count). The number of carbonyl (C=O) groups is 1. The van der Waals surface area contributed by atoms with Crippen molar-refractivity contribution in [1.29, 1.82) is 0 Å². The lowest BCUT2D eigenvalue weighted by molar-refractivity contribution is -0.123. The number of ether oxygens (including phenoxy) is 2. The maximum atomic E-state index is 12.2. The van der Waals surface area contributed by atoms with Gasteiger partial charge in [-0.05, 0) is 48.9 Å². The topological polar surface area (TPSA) is 86.5 Å². The summed E-state index contributed by atoms with van der Waals surface area (Å²) >= 11 is 0. The van der Waals surface area contributed by atoms with Crippen molar-refractivity contribution in [1.82, 2.24) is 15.5 Å². The van der Waals surface area contributed by atoms with Crippen molar-refractivity contribution >= 4 is 5.91 Å². The summed E-state index contributed by atoms with van der Waals surface area (Å²) in [4.78, 5) is 16.7. The largest absolute Gasteiger partial charge is 0.494 e. The predicted molar refractivity (Wildman–Crippen MR) is 120 cm³/mol. The normalized spacial score (nSPS) is 10.5. The zero-order valence-corrected chi connectivity index (χ0v) is 17.7. The molecule has 7 nitrogen and oxygen atoms in total. The zero-order chi connectivity index (χ0) is 22.2. The molecular weight excluding hydrogens is 406 g/mol. The van der Waals surface area contributed by atoms with Crippen molar-refractivity contribution in [3.05, 3.63) is 84.4 Å². The molecule has 0 saturated carbocycles. The molecule has 32 heavy (non-hydrogen) atoms. The molecule has 0 aliphatic heterocycles. The van der Waals surface area contributed by atoms with Crippen LogP contribution in [0.2, 0.25) is 0 Å². The van der Waals surface area contributed by atoms with Crippen LogP contribution in [-0.4, -0.2) is 29.3 Å². The molecule has 0 unspecified atom stereocenters. The van der Waals surface area contributed by atoms with Gasteiger partial charge in [0.05, 0.1) is 12.2 Å². The number of rotatable bonds is 9. The molecule has 7 heteroatoms. The van der Waals surface area contributed by atoms with Gasteiger partial charge >= 0.3 is 0 Å². The van der Waals surface area contributed by atoms with Crippen molar-refractivity contribution in [3.63, 3.8) is 0 Å². The lowest BCUT2D eigenvalue weighted by Crippen LogP contribution is -2.28. The molecule has 1 amide bonds. The molecule has 0 spiro atoms. The van der Waals surface area contributed by atoms with Gasteiger partial charge in [0.2, 0.25) is 5.82 Å². The van der Waals surface area contributed by atoms with Crippen LogP contribution in [0.15, 0.2) is 83.4 Å². The van der Waals surface area contributed by atoms with E-state index in [4.69, 9.17) is 14.0 Å². The van der Waals surface area contributed by atoms with E-state index in [0.717, 1.165) is 16.9 Å². The summed E-state index contributed by atoms with van der Waals surface area (Å²) in [5.74, 6) is 1.83. The Morgan fingerprint density at radius 3 is 2.47 bits per heavy atom. The molecule has 3 aromatic carbocycles. The van der Waals surface area contributed by atoms with E-state index in [1.807, 2.05) is 79.7 Å². The SMILES string of the molecule is CCOc1ccc(-c2nc(-c3ccccc3OCC(=O)NCc3ccccc3)no2)cc1. The Kier molecular flexibility index (Phi) is 6.77. The minimum Gasteiger partial charge on any atom is -0.494 e. The minimum absolute atomic E-state index is 0.118. The summed E-state index contributed by atoms with van der Waals surface area (Å²) in [5, 5.41) is 6.93. The van der Waals surface area contributed by atoms with Crippen LogP contribution in [0.25, 0.3) is 22.8 Å². The van der Waals surface area contributed by atoms with E-state index >= 15 is 0 Å². The minimum atomic E-state index is -0.216. The van der Waals surface area contributed by atoms with Crippen molar-refractivity contribution in [2.75, 3.05) is 13.2 Å². The number of nitrogens with one attached hydrogen (secondary N) is 1. The molecule has 0 aliphatic rings. The van der Waals surface area contributed by atoms with E-state index < -0.39 is 0 Å². The van der Waals surface area contributed by atoms with Crippen LogP contribution in [0.3, 0.4) is 0 Å². The van der Waals surface area contributed by atoms with Crippen LogP contribution < -0.4 is 14.8 Å². The van der Waals surface area contributed by atoms with Crippen molar-refractivity contribution < 1.29 is 18.8 Å². The molecule has 1 heterocycles. The lowest BCUT2D eigenvalue weighted by atomic mass is 10.2. The first kappa shape index (κ1) is 21.1. The molecule has 1 aromatic heterocycles. The standard InChI is InChI=1S/C25H23N3O4/c1-2-30-20-14-12-19(13-15-20)25-27-24(28-32-25)21-10-6-7-11-22(21)31-17-23(29)26-16-18-8-4-3-5-9-18/h3-15H,2,16-17H2,1H3,(H,26,29). The highest BCUT2D eigenvalue weighted by Crippen LogP contribution is 2.30. The van der Waals surface area contributed by atoms with Gasteiger partial charge in [0.25, 0.3) is 11.8 Å². The number of hydrogen-bond acceptors (Lipinski definition) is 6. The van der Waals surface area contributed by atoms with E-state index in [1.165, 1.54) is 0 Å². The van der Waals surface area contributed by atoms with Gasteiger partial charge in [0, 0.05) is 12.1 Å². The number of benzene rings is 3. The Bertz CT molecular complexity index is 1160. The summed E-state index contributed by atoms with van der Waals surface area (Å²) in [6.07, 6.45) is 0. The van der Waals surface area contributed by atoms with Crippen molar-refractivity contribution in [2.24, 2.45) is 0 Å². The first-order valence-corrected chi connectivity index (χ1v) is 10.3. The van der Waals surface area contributed by atoms with E-state index in [2.05, 4.69) is 15.5 Å². The van der Waals surface area contributed by atoms with Gasteiger partial charge in [-0.15, -0.1) is 0 Å². The van der Waals surface area contributed by atoms with Crippen LogP contribution >= 0.6 is 0 Å². The summed E-state index contributed by atoms with van der Waals surface area (Å²) in [7, 11) is 0. The predicted octanol–water partition coefficient (Wildman–Crippen LogP) is 4.50. The highest BCUT2D eigenvalue weighted by atomic mass is 16.5. The van der Waals surface area contributed by atoms with Crippen LogP contribution in [0.1, 0.15) is 12.5 Å². The van der Waals surface area contributed by atoms with Gasteiger partial charge in [0.1, 0.15) is 11.5 Å². The van der Waals surface area contributed by atoms with E-state index in [-0.39, 0.29) is 12.5 Å². The fourth-order valence-electron chi connectivity index (χ4n) is 3.08. The average Bonchev–Trinajstić information content (AvgIpc) is 3.33. The fourth-order valence-corrected chi connectivity index (χ4v) is 3.08. The van der Waals surface area contributed by atoms with Gasteiger partial charge in [-0.2, -0.15) is 4.98 Å². The molecular formula is C25H23N3O4. The first-order chi connectivity index (χ1) is 15.7. The second-order valence-corrected chi connectivity index (χ2v) is 6.93. The molecule has 162 valence electrons. The highest BCUT2D eigenvalue weighted by molar-refractivity contribution is 5.78. The van der Waals surface area contributed by atoms with Gasteiger partial charge in [0.15, 0.2) is 6.61 Å². The summed E-state index contributed by atoms with van der Waals surface area (Å²) in [6, 6.07) is 24.4. The number of nitrogens with zero attached hydrogens (tertiary/aromatic N) is 2. The van der Waals surface area contributed by atoms with Crippen molar-refractivity contribution in [3.8, 4) is 34.3 Å². The molecule has 0 aliphatic carbocycles. The maximum Gasteiger partial charge on any atom is 0.258 e. The quantitative estimate of drug-likeness (QED) is 0.422. The smallest absolute Gasteiger partial charge is 0.258 e. The number of para-hydroxylation sites is 1. The molecule has 0 radical (unpaired) electrons. The van der Waals surface area contributed by atoms with Gasteiger partial charge in [-0.25, -0.2) is 0 Å². The van der Waals surface area contributed by atoms with E-state index in [0.29, 0.717) is 36.2 Å². The fraction of sp³-hybridized carbons (Fsp3) is 0.160. The van der Waals surface area contributed by atoms with Gasteiger partial charge in [-0.3, -0.25) is 4.79 Å². The molecule has 0 atom stereocenters. The molecule has 0 saturated heterocycles. The van der Waals surface area contributed by atoms with Gasteiger partial charge in [-0.1, -0.05) is 47.6 Å². The monoisotopic (exact) mass is 429 g/mol. The molecule has 1 N–H and O–H groups in total. The van der Waals surface area contributed by atoms with Crippen LogP contribution in [-0.2, 0) is 11.3 Å². The third-order valence-electron chi connectivity index (χ3n) is 4.66. The van der Waals surface area contributed by atoms with Crippen LogP contribution in [0.5, 0.6) is 11.5 Å². The Morgan fingerprint density at radius 1 is 0.938 bits per heavy atom. The van der Waals surface area contributed by atoms with Crippen molar-refractivity contribution in [2.45, 2.75) is 13.5 Å². The van der Waals surface area contributed by atoms with Crippen LogP contribution in [0.4, 0.5) is 0 Å². The summed E-state index contributed by atoms with van der Waals surface area (Å²) in [5.41, 5.74) is 2.45. The Morgan fingerprint density at radius 2 is 1.69 bits per heavy atom. The van der Waals surface area contributed by atoms with E-state index in [9.17, 15) is 4.79 Å². The average molecular weight is 429 g/mol. The van der Waals surface area contributed by atoms with Crippen LogP contribution in [0, 0.1) is 0 Å². The second kappa shape index (κ2) is 10.3. The number of hydrogen-bond donors (Lipinski definition) is 1. The summed E-state index contributed by atoms with van der Waals surface area (Å²) in [6.45, 7) is 2.87. The Hall–Kier alpha value is -4.13. The molecule has 4 aromatic rings. The molecule has 0 fully saturated rings. The Labute approximate surface area is 186 Å². The number of amides is 1. The molecule has 0 bridgehead atoms. The zero-order valence-electron chi connectivity index (χ0n) is 17.7. The number of aromatic nitrogens is 2. The van der Waals surface area contributed by atoms with Gasteiger partial charge < -0.3 is 19.3 Å². The third-order valence-corrected chi connectivity index (χ3v) is 4.66.